The molecule has 28 heavy (non-hydrogen) atoms. The number of aliphatic imine (C=N–C) groups is 1. The lowest BCUT2D eigenvalue weighted by atomic mass is 9.99. The predicted molar refractivity (Wildman–Crippen MR) is 97.4 cm³/mol. The molecule has 3 heterocycles. The van der Waals surface area contributed by atoms with Crippen molar-refractivity contribution in [1.82, 2.24) is 10.1 Å². The van der Waals surface area contributed by atoms with Gasteiger partial charge in [-0.1, -0.05) is 5.16 Å². The van der Waals surface area contributed by atoms with Crippen LogP contribution in [0.15, 0.2) is 21.6 Å². The van der Waals surface area contributed by atoms with E-state index in [1.165, 1.54) is 13.8 Å². The second kappa shape index (κ2) is 7.86. The molecule has 2 aromatic heterocycles. The molecule has 0 aliphatic carbocycles. The highest BCUT2D eigenvalue weighted by Crippen LogP contribution is 2.38. The first-order chi connectivity index (χ1) is 13.2. The van der Waals surface area contributed by atoms with Crippen LogP contribution in [0.2, 0.25) is 0 Å². The van der Waals surface area contributed by atoms with Gasteiger partial charge < -0.3 is 9.42 Å². The number of thiophene rings is 1. The summed E-state index contributed by atoms with van der Waals surface area (Å²) in [5, 5.41) is 3.53. The van der Waals surface area contributed by atoms with E-state index >= 15 is 0 Å². The standard InChI is InChI=1S/C18H18F3N3O3S/c1-10-15(23-27-16(10)18(19,20)21)13-5-6-14(28-13)17(26)24-7-3-4-12(9-24)8-22-11(2)25/h5-6,8,12H,3-4,7,9H2,1-2H3/b22-8-. The number of carbonyl (C=O) groups is 2. The Labute approximate surface area is 163 Å². The van der Waals surface area contributed by atoms with Gasteiger partial charge in [0.2, 0.25) is 11.7 Å². The van der Waals surface area contributed by atoms with E-state index in [-0.39, 0.29) is 29.0 Å². The first kappa shape index (κ1) is 20.2. The minimum Gasteiger partial charge on any atom is -0.351 e. The van der Waals surface area contributed by atoms with E-state index in [1.807, 2.05) is 0 Å². The second-order valence-corrected chi connectivity index (χ2v) is 7.68. The van der Waals surface area contributed by atoms with Crippen LogP contribution in [0.5, 0.6) is 0 Å². The Balaban J connectivity index is 1.76. The molecule has 1 atom stereocenters. The Morgan fingerprint density at radius 2 is 2.14 bits per heavy atom. The van der Waals surface area contributed by atoms with E-state index in [0.717, 1.165) is 24.2 Å². The smallest absolute Gasteiger partial charge is 0.351 e. The van der Waals surface area contributed by atoms with Gasteiger partial charge in [-0.25, -0.2) is 4.99 Å². The maximum atomic E-state index is 12.9. The molecule has 2 aromatic rings. The molecule has 0 spiro atoms. The number of carbonyl (C=O) groups excluding carboxylic acids is 2. The maximum absolute atomic E-state index is 12.9. The number of halogens is 3. The number of hydrogen-bond acceptors (Lipinski definition) is 5. The lowest BCUT2D eigenvalue weighted by Crippen LogP contribution is -2.40. The zero-order chi connectivity index (χ0) is 20.5. The third-order valence-corrected chi connectivity index (χ3v) is 5.52. The fraction of sp³-hybridized carbons (Fsp3) is 0.444. The summed E-state index contributed by atoms with van der Waals surface area (Å²) < 4.78 is 43.1. The van der Waals surface area contributed by atoms with Crippen LogP contribution in [-0.2, 0) is 11.0 Å². The van der Waals surface area contributed by atoms with Crippen LogP contribution in [0.25, 0.3) is 10.6 Å². The minimum absolute atomic E-state index is 0.00756. The highest BCUT2D eigenvalue weighted by atomic mass is 32.1. The number of amides is 2. The Hall–Kier alpha value is -2.49. The molecule has 1 aliphatic heterocycles. The van der Waals surface area contributed by atoms with Gasteiger partial charge in [0.15, 0.2) is 0 Å². The van der Waals surface area contributed by atoms with Crippen molar-refractivity contribution in [1.29, 1.82) is 0 Å². The van der Waals surface area contributed by atoms with E-state index in [4.69, 9.17) is 0 Å². The van der Waals surface area contributed by atoms with Crippen molar-refractivity contribution in [3.63, 3.8) is 0 Å². The molecule has 0 N–H and O–H groups in total. The first-order valence-corrected chi connectivity index (χ1v) is 9.46. The van der Waals surface area contributed by atoms with Crippen molar-refractivity contribution in [3.05, 3.63) is 28.3 Å². The summed E-state index contributed by atoms with van der Waals surface area (Å²) in [5.41, 5.74) is -0.0201. The summed E-state index contributed by atoms with van der Waals surface area (Å²) in [6, 6.07) is 3.15. The number of rotatable bonds is 3. The first-order valence-electron chi connectivity index (χ1n) is 8.64. The lowest BCUT2D eigenvalue weighted by molar-refractivity contribution is -0.156. The SMILES string of the molecule is CC(=O)/N=C\C1CCCN(C(=O)c2ccc(-c3noc(C(F)(F)F)c3C)s2)C1. The number of nitrogens with zero attached hydrogens (tertiary/aromatic N) is 3. The number of hydrogen-bond donors (Lipinski definition) is 0. The molecule has 0 bridgehead atoms. The molecule has 1 unspecified atom stereocenters. The van der Waals surface area contributed by atoms with E-state index in [2.05, 4.69) is 14.7 Å². The third kappa shape index (κ3) is 4.32. The average Bonchev–Trinajstić information content (AvgIpc) is 3.25. The molecular formula is C18H18F3N3O3S. The Bertz CT molecular complexity index is 917. The van der Waals surface area contributed by atoms with E-state index in [0.29, 0.717) is 22.8 Å². The zero-order valence-electron chi connectivity index (χ0n) is 15.2. The molecule has 0 radical (unpaired) electrons. The number of alkyl halides is 3. The summed E-state index contributed by atoms with van der Waals surface area (Å²) in [5.74, 6) is -1.61. The molecule has 10 heteroatoms. The van der Waals surface area contributed by atoms with E-state index in [1.54, 1.807) is 23.2 Å². The molecule has 1 fully saturated rings. The fourth-order valence-electron chi connectivity index (χ4n) is 3.09. The van der Waals surface area contributed by atoms with E-state index < -0.39 is 11.9 Å². The normalized spacial score (nSPS) is 18.0. The number of aromatic nitrogens is 1. The van der Waals surface area contributed by atoms with Crippen molar-refractivity contribution < 1.29 is 27.3 Å². The third-order valence-electron chi connectivity index (χ3n) is 4.44. The van der Waals surface area contributed by atoms with Crippen LogP contribution in [0.4, 0.5) is 13.2 Å². The van der Waals surface area contributed by atoms with Crippen molar-refractivity contribution in [2.75, 3.05) is 13.1 Å². The van der Waals surface area contributed by atoms with Crippen molar-refractivity contribution in [3.8, 4) is 10.6 Å². The van der Waals surface area contributed by atoms with Crippen LogP contribution >= 0.6 is 11.3 Å². The molecule has 6 nitrogen and oxygen atoms in total. The molecule has 1 saturated heterocycles. The van der Waals surface area contributed by atoms with Gasteiger partial charge in [0, 0.05) is 37.7 Å². The maximum Gasteiger partial charge on any atom is 0.452 e. The van der Waals surface area contributed by atoms with Crippen LogP contribution in [-0.4, -0.2) is 41.2 Å². The quantitative estimate of drug-likeness (QED) is 0.707. The molecule has 150 valence electrons. The predicted octanol–water partition coefficient (Wildman–Crippen LogP) is 4.20. The van der Waals surface area contributed by atoms with E-state index in [9.17, 15) is 22.8 Å². The van der Waals surface area contributed by atoms with Gasteiger partial charge in [-0.05, 0) is 31.9 Å². The molecule has 1 aliphatic rings. The van der Waals surface area contributed by atoms with Gasteiger partial charge in [0.05, 0.1) is 9.75 Å². The Morgan fingerprint density at radius 1 is 1.39 bits per heavy atom. The molecule has 2 amide bonds. The average molecular weight is 413 g/mol. The summed E-state index contributed by atoms with van der Waals surface area (Å²) in [4.78, 5) is 30.1. The zero-order valence-corrected chi connectivity index (χ0v) is 16.1. The van der Waals surface area contributed by atoms with Gasteiger partial charge >= 0.3 is 6.18 Å². The summed E-state index contributed by atoms with van der Waals surface area (Å²) >= 11 is 1.08. The van der Waals surface area contributed by atoms with Crippen LogP contribution in [0.1, 0.15) is 40.8 Å². The second-order valence-electron chi connectivity index (χ2n) is 6.60. The summed E-state index contributed by atoms with van der Waals surface area (Å²) in [7, 11) is 0. The minimum atomic E-state index is -4.62. The topological polar surface area (TPSA) is 75.8 Å². The highest BCUT2D eigenvalue weighted by Gasteiger charge is 2.39. The number of likely N-dealkylation sites (tertiary alicyclic amines) is 1. The monoisotopic (exact) mass is 413 g/mol. The summed E-state index contributed by atoms with van der Waals surface area (Å²) in [6.45, 7) is 3.69. The molecule has 0 aromatic carbocycles. The largest absolute Gasteiger partial charge is 0.452 e. The van der Waals surface area contributed by atoms with Gasteiger partial charge in [-0.2, -0.15) is 13.2 Å². The van der Waals surface area contributed by atoms with Crippen LogP contribution in [0, 0.1) is 12.8 Å². The van der Waals surface area contributed by atoms with Crippen molar-refractivity contribution >= 4 is 29.4 Å². The van der Waals surface area contributed by atoms with Gasteiger partial charge in [-0.15, -0.1) is 11.3 Å². The Morgan fingerprint density at radius 3 is 2.79 bits per heavy atom. The lowest BCUT2D eigenvalue weighted by Gasteiger charge is -2.30. The van der Waals surface area contributed by atoms with Gasteiger partial charge in [0.25, 0.3) is 5.91 Å². The molecule has 3 rings (SSSR count). The van der Waals surface area contributed by atoms with Gasteiger partial charge in [0.1, 0.15) is 5.69 Å². The Kier molecular flexibility index (Phi) is 5.69. The van der Waals surface area contributed by atoms with Gasteiger partial charge in [-0.3, -0.25) is 9.59 Å². The molecular weight excluding hydrogens is 395 g/mol. The van der Waals surface area contributed by atoms with Crippen molar-refractivity contribution in [2.24, 2.45) is 10.9 Å². The summed E-state index contributed by atoms with van der Waals surface area (Å²) in [6.07, 6.45) is -1.40. The highest BCUT2D eigenvalue weighted by molar-refractivity contribution is 7.17. The number of piperidine rings is 1. The van der Waals surface area contributed by atoms with Crippen molar-refractivity contribution in [2.45, 2.75) is 32.9 Å². The molecule has 0 saturated carbocycles. The fourth-order valence-corrected chi connectivity index (χ4v) is 4.10. The van der Waals surface area contributed by atoms with Crippen LogP contribution in [0.3, 0.4) is 0 Å². The van der Waals surface area contributed by atoms with Crippen LogP contribution < -0.4 is 0 Å².